The Morgan fingerprint density at radius 1 is 1.07 bits per heavy atom. The smallest absolute Gasteiger partial charge is 0.301 e. The van der Waals surface area contributed by atoms with Gasteiger partial charge in [-0.15, -0.1) is 10.2 Å². The number of ether oxygens (including phenoxy) is 1. The average molecular weight is 610 g/mol. The summed E-state index contributed by atoms with van der Waals surface area (Å²) in [6, 6.07) is 18.5. The summed E-state index contributed by atoms with van der Waals surface area (Å²) in [6.45, 7) is 2.62. The number of nitrogens with zero attached hydrogens (tertiary/aromatic N) is 3. The molecule has 5 rings (SSSR count). The molecule has 1 aliphatic rings. The fourth-order valence-electron chi connectivity index (χ4n) is 4.33. The predicted octanol–water partition coefficient (Wildman–Crippen LogP) is 7.43. The van der Waals surface area contributed by atoms with Crippen LogP contribution in [-0.4, -0.2) is 33.6 Å². The van der Waals surface area contributed by atoms with Crippen LogP contribution < -0.4 is 9.64 Å². The molecule has 0 radical (unpaired) electrons. The van der Waals surface area contributed by atoms with Crippen LogP contribution in [0.4, 0.5) is 9.52 Å². The Labute approximate surface area is 249 Å². The third kappa shape index (κ3) is 6.14. The van der Waals surface area contributed by atoms with Gasteiger partial charge in [0.05, 0.1) is 12.2 Å². The second-order valence-electron chi connectivity index (χ2n) is 9.15. The van der Waals surface area contributed by atoms with E-state index in [0.29, 0.717) is 33.0 Å². The average Bonchev–Trinajstić information content (AvgIpc) is 3.55. The molecule has 1 saturated heterocycles. The Bertz CT molecular complexity index is 1610. The van der Waals surface area contributed by atoms with Crippen molar-refractivity contribution in [3.8, 4) is 5.75 Å². The quantitative estimate of drug-likeness (QED) is 0.0499. The highest BCUT2D eigenvalue weighted by atomic mass is 35.5. The molecule has 0 aliphatic carbocycles. The highest BCUT2D eigenvalue weighted by Gasteiger charge is 2.49. The number of aromatic nitrogens is 2. The van der Waals surface area contributed by atoms with Crippen molar-refractivity contribution in [3.63, 3.8) is 0 Å². The summed E-state index contributed by atoms with van der Waals surface area (Å²) < 4.78 is 21.4. The van der Waals surface area contributed by atoms with Crippen LogP contribution in [0.15, 0.2) is 82.7 Å². The first-order valence-electron chi connectivity index (χ1n) is 12.9. The summed E-state index contributed by atoms with van der Waals surface area (Å²) in [6.07, 6.45) is 1.89. The molecule has 2 heterocycles. The number of aliphatic hydroxyl groups is 1. The maximum Gasteiger partial charge on any atom is 0.301 e. The minimum Gasteiger partial charge on any atom is -0.507 e. The molecule has 0 bridgehead atoms. The molecule has 3 aromatic carbocycles. The molecule has 1 N–H and O–H groups in total. The molecular weight excluding hydrogens is 585 g/mol. The van der Waals surface area contributed by atoms with Crippen molar-refractivity contribution in [1.82, 2.24) is 10.2 Å². The molecule has 0 spiro atoms. The number of carbonyl (C=O) groups is 2. The lowest BCUT2D eigenvalue weighted by atomic mass is 9.95. The van der Waals surface area contributed by atoms with Crippen LogP contribution in [0.2, 0.25) is 5.02 Å². The van der Waals surface area contributed by atoms with Gasteiger partial charge in [0.1, 0.15) is 23.4 Å². The molecule has 210 valence electrons. The summed E-state index contributed by atoms with van der Waals surface area (Å²) in [5.41, 5.74) is 1.01. The number of ketones is 1. The zero-order valence-corrected chi connectivity index (χ0v) is 24.3. The number of Topliss-reactive ketones (excluding diaryl/α,β-unsaturated/α-hetero) is 1. The summed E-state index contributed by atoms with van der Waals surface area (Å²) in [7, 11) is 0. The van der Waals surface area contributed by atoms with Crippen LogP contribution in [0.1, 0.15) is 42.5 Å². The summed E-state index contributed by atoms with van der Waals surface area (Å²) >= 11 is 8.73. The summed E-state index contributed by atoms with van der Waals surface area (Å²) in [4.78, 5) is 27.9. The molecule has 1 atom stereocenters. The molecule has 1 aliphatic heterocycles. The highest BCUT2D eigenvalue weighted by molar-refractivity contribution is 8.00. The van der Waals surface area contributed by atoms with Gasteiger partial charge >= 0.3 is 5.91 Å². The van der Waals surface area contributed by atoms with E-state index in [0.717, 1.165) is 34.6 Å². The van der Waals surface area contributed by atoms with Crippen LogP contribution >= 0.6 is 34.7 Å². The van der Waals surface area contributed by atoms with Crippen molar-refractivity contribution >= 4 is 57.3 Å². The first kappa shape index (κ1) is 28.8. The Morgan fingerprint density at radius 3 is 2.54 bits per heavy atom. The van der Waals surface area contributed by atoms with Gasteiger partial charge in [-0.1, -0.05) is 84.4 Å². The third-order valence-electron chi connectivity index (χ3n) is 6.45. The van der Waals surface area contributed by atoms with Crippen LogP contribution in [0, 0.1) is 5.82 Å². The van der Waals surface area contributed by atoms with Crippen LogP contribution in [0.3, 0.4) is 0 Å². The summed E-state index contributed by atoms with van der Waals surface area (Å²) in [5.74, 6) is -1.80. The van der Waals surface area contributed by atoms with Crippen LogP contribution in [0.25, 0.3) is 5.76 Å². The number of aliphatic hydroxyl groups excluding tert-OH is 1. The second kappa shape index (κ2) is 12.8. The Hall–Kier alpha value is -3.73. The van der Waals surface area contributed by atoms with Gasteiger partial charge in [-0.25, -0.2) is 4.39 Å². The van der Waals surface area contributed by atoms with Gasteiger partial charge in [-0.2, -0.15) is 0 Å². The molecule has 1 aromatic heterocycles. The fourth-order valence-corrected chi connectivity index (χ4v) is 6.49. The molecule has 11 heteroatoms. The normalized spacial score (nSPS) is 16.4. The largest absolute Gasteiger partial charge is 0.507 e. The lowest BCUT2D eigenvalue weighted by Gasteiger charge is -2.22. The topological polar surface area (TPSA) is 92.6 Å². The number of rotatable bonds is 10. The Balaban J connectivity index is 1.50. The lowest BCUT2D eigenvalue weighted by Crippen LogP contribution is -2.29. The highest BCUT2D eigenvalue weighted by Crippen LogP contribution is 2.44. The van der Waals surface area contributed by atoms with Gasteiger partial charge in [-0.05, 0) is 48.4 Å². The Morgan fingerprint density at radius 2 is 1.80 bits per heavy atom. The van der Waals surface area contributed by atoms with Gasteiger partial charge < -0.3 is 9.84 Å². The number of hydrogen-bond acceptors (Lipinski definition) is 8. The van der Waals surface area contributed by atoms with E-state index in [9.17, 15) is 14.7 Å². The van der Waals surface area contributed by atoms with Gasteiger partial charge in [0.2, 0.25) is 5.13 Å². The molecule has 0 saturated carbocycles. The summed E-state index contributed by atoms with van der Waals surface area (Å²) in [5, 5.41) is 20.4. The fraction of sp³-hybridized carbons (Fsp3) is 0.200. The van der Waals surface area contributed by atoms with Crippen molar-refractivity contribution in [2.45, 2.75) is 35.9 Å². The van der Waals surface area contributed by atoms with E-state index in [1.807, 2.05) is 18.2 Å². The van der Waals surface area contributed by atoms with Gasteiger partial charge in [0.15, 0.2) is 4.34 Å². The first-order chi connectivity index (χ1) is 19.9. The number of thioether (sulfide) groups is 1. The number of benzene rings is 3. The van der Waals surface area contributed by atoms with E-state index in [-0.39, 0.29) is 16.3 Å². The van der Waals surface area contributed by atoms with Gasteiger partial charge in [0, 0.05) is 21.9 Å². The number of halogens is 2. The van der Waals surface area contributed by atoms with Gasteiger partial charge in [-0.3, -0.25) is 14.5 Å². The minimum absolute atomic E-state index is 0.0493. The SMILES string of the molecule is CCCCOc1ccc(/C(O)=C2\C(=O)C(=O)N(c3nnc(SCc4ccccc4Cl)s3)C2c2ccccc2F)cc1. The number of amides is 1. The second-order valence-corrected chi connectivity index (χ2v) is 11.7. The van der Waals surface area contributed by atoms with E-state index < -0.39 is 29.3 Å². The van der Waals surface area contributed by atoms with Crippen LogP contribution in [-0.2, 0) is 15.3 Å². The maximum absolute atomic E-state index is 15.2. The van der Waals surface area contributed by atoms with Crippen molar-refractivity contribution in [2.75, 3.05) is 11.5 Å². The Kier molecular flexibility index (Phi) is 9.02. The number of carbonyl (C=O) groups excluding carboxylic acids is 2. The zero-order valence-electron chi connectivity index (χ0n) is 21.9. The lowest BCUT2D eigenvalue weighted by molar-refractivity contribution is -0.132. The van der Waals surface area contributed by atoms with Crippen molar-refractivity contribution in [1.29, 1.82) is 0 Å². The zero-order chi connectivity index (χ0) is 28.9. The molecular formula is C30H25ClFN3O4S2. The number of anilines is 1. The van der Waals surface area contributed by atoms with E-state index >= 15 is 4.39 Å². The van der Waals surface area contributed by atoms with E-state index in [1.165, 1.54) is 30.0 Å². The van der Waals surface area contributed by atoms with E-state index in [2.05, 4.69) is 17.1 Å². The molecule has 41 heavy (non-hydrogen) atoms. The molecule has 1 amide bonds. The van der Waals surface area contributed by atoms with Gasteiger partial charge in [0.25, 0.3) is 5.78 Å². The standard InChI is InChI=1S/C30H25ClFN3O4S2/c1-2-3-16-39-20-14-12-18(13-15-20)26(36)24-25(21-9-5-7-11-23(21)32)35(28(38)27(24)37)29-33-34-30(41-29)40-17-19-8-4-6-10-22(19)31/h4-15,25,36H,2-3,16-17H2,1H3/b26-24+. The minimum atomic E-state index is -1.24. The number of unbranched alkanes of at least 4 members (excludes halogenated alkanes) is 1. The van der Waals surface area contributed by atoms with E-state index in [1.54, 1.807) is 36.4 Å². The molecule has 7 nitrogen and oxygen atoms in total. The molecule has 4 aromatic rings. The third-order valence-corrected chi connectivity index (χ3v) is 8.92. The number of hydrogen-bond donors (Lipinski definition) is 1. The van der Waals surface area contributed by atoms with Crippen molar-refractivity contribution < 1.29 is 23.8 Å². The predicted molar refractivity (Wildman–Crippen MR) is 159 cm³/mol. The first-order valence-corrected chi connectivity index (χ1v) is 15.1. The van der Waals surface area contributed by atoms with Crippen LogP contribution in [0.5, 0.6) is 5.75 Å². The maximum atomic E-state index is 15.2. The molecule has 1 unspecified atom stereocenters. The van der Waals surface area contributed by atoms with Crippen molar-refractivity contribution in [3.05, 3.63) is 106 Å². The monoisotopic (exact) mass is 609 g/mol. The van der Waals surface area contributed by atoms with E-state index in [4.69, 9.17) is 16.3 Å². The molecule has 1 fully saturated rings. The van der Waals surface area contributed by atoms with Crippen molar-refractivity contribution in [2.24, 2.45) is 0 Å².